The Hall–Kier alpha value is -1.79. The highest BCUT2D eigenvalue weighted by atomic mass is 16.5. The molecule has 0 aromatic carbocycles. The fourth-order valence-electron chi connectivity index (χ4n) is 3.87. The highest BCUT2D eigenvalue weighted by molar-refractivity contribution is 5.47. The third-order valence-corrected chi connectivity index (χ3v) is 4.98. The predicted molar refractivity (Wildman–Crippen MR) is 84.5 cm³/mol. The molecule has 0 amide bonds. The van der Waals surface area contributed by atoms with Crippen LogP contribution in [0.15, 0.2) is 28.9 Å². The van der Waals surface area contributed by atoms with Crippen molar-refractivity contribution in [3.05, 3.63) is 30.3 Å². The molecule has 1 N–H and O–H groups in total. The molecule has 122 valence electrons. The molecule has 6 heteroatoms. The van der Waals surface area contributed by atoms with E-state index in [0.717, 1.165) is 0 Å². The molecule has 2 aromatic heterocycles. The summed E-state index contributed by atoms with van der Waals surface area (Å²) in [6.45, 7) is 0.705. The first-order valence-electron chi connectivity index (χ1n) is 8.50. The standard InChI is InChI=1S/C17H22N4O2/c22-13-10-15(21(11-13)12-6-2-1-3-7-12)17-19-16(20-23-17)14-8-4-5-9-18-14/h4-5,8-9,12-13,15,22H,1-3,6-7,10-11H2/t13-,15+/m1/s1. The smallest absolute Gasteiger partial charge is 0.244 e. The zero-order valence-electron chi connectivity index (χ0n) is 13.1. The van der Waals surface area contributed by atoms with Gasteiger partial charge in [-0.1, -0.05) is 30.5 Å². The monoisotopic (exact) mass is 314 g/mol. The van der Waals surface area contributed by atoms with E-state index in [1.165, 1.54) is 32.1 Å². The molecule has 0 spiro atoms. The second-order valence-corrected chi connectivity index (χ2v) is 6.57. The van der Waals surface area contributed by atoms with E-state index in [4.69, 9.17) is 4.52 Å². The van der Waals surface area contributed by atoms with Gasteiger partial charge in [0.25, 0.3) is 0 Å². The molecular weight excluding hydrogens is 292 g/mol. The van der Waals surface area contributed by atoms with Gasteiger partial charge in [-0.3, -0.25) is 9.88 Å². The number of β-amino-alcohol motifs (C(OH)–C–C–N with tert-alkyl or cyclic N) is 1. The van der Waals surface area contributed by atoms with Gasteiger partial charge in [0, 0.05) is 18.8 Å². The normalized spacial score (nSPS) is 26.7. The number of hydrogen-bond acceptors (Lipinski definition) is 6. The molecule has 4 rings (SSSR count). The fourth-order valence-corrected chi connectivity index (χ4v) is 3.87. The van der Waals surface area contributed by atoms with Crippen molar-refractivity contribution >= 4 is 0 Å². The highest BCUT2D eigenvalue weighted by Crippen LogP contribution is 2.37. The van der Waals surface area contributed by atoms with Crippen LogP contribution in [0.3, 0.4) is 0 Å². The maximum Gasteiger partial charge on any atom is 0.244 e. The van der Waals surface area contributed by atoms with E-state index in [2.05, 4.69) is 20.0 Å². The number of aliphatic hydroxyl groups excluding tert-OH is 1. The van der Waals surface area contributed by atoms with E-state index in [9.17, 15) is 5.11 Å². The minimum Gasteiger partial charge on any atom is -0.392 e. The minimum atomic E-state index is -0.313. The molecule has 6 nitrogen and oxygen atoms in total. The summed E-state index contributed by atoms with van der Waals surface area (Å²) in [5.74, 6) is 1.12. The Morgan fingerprint density at radius 1 is 1.17 bits per heavy atom. The van der Waals surface area contributed by atoms with E-state index >= 15 is 0 Å². The first kappa shape index (κ1) is 14.8. The van der Waals surface area contributed by atoms with E-state index in [1.807, 2.05) is 18.2 Å². The van der Waals surface area contributed by atoms with Gasteiger partial charge < -0.3 is 9.63 Å². The molecular formula is C17H22N4O2. The predicted octanol–water partition coefficient (Wildman–Crippen LogP) is 2.57. The summed E-state index contributed by atoms with van der Waals surface area (Å²) in [5.41, 5.74) is 0.713. The van der Waals surface area contributed by atoms with Gasteiger partial charge in [-0.25, -0.2) is 0 Å². The SMILES string of the molecule is O[C@@H]1C[C@@H](c2nc(-c3ccccn3)no2)N(C2CCCCC2)C1. The van der Waals surface area contributed by atoms with Crippen LogP contribution in [-0.4, -0.2) is 43.8 Å². The maximum absolute atomic E-state index is 10.1. The molecule has 2 atom stereocenters. The quantitative estimate of drug-likeness (QED) is 0.938. The average Bonchev–Trinajstić information content (AvgIpc) is 3.23. The third-order valence-electron chi connectivity index (χ3n) is 4.98. The molecule has 2 fully saturated rings. The lowest BCUT2D eigenvalue weighted by Crippen LogP contribution is -2.37. The molecule has 1 aliphatic heterocycles. The second-order valence-electron chi connectivity index (χ2n) is 6.57. The van der Waals surface area contributed by atoms with Crippen molar-refractivity contribution in [2.24, 2.45) is 0 Å². The van der Waals surface area contributed by atoms with E-state index < -0.39 is 0 Å². The fraction of sp³-hybridized carbons (Fsp3) is 0.588. The summed E-state index contributed by atoms with van der Waals surface area (Å²) in [6.07, 6.45) is 8.34. The average molecular weight is 314 g/mol. The zero-order valence-corrected chi connectivity index (χ0v) is 13.1. The van der Waals surface area contributed by atoms with Crippen LogP contribution < -0.4 is 0 Å². The number of rotatable bonds is 3. The molecule has 2 aromatic rings. The zero-order chi connectivity index (χ0) is 15.6. The maximum atomic E-state index is 10.1. The number of hydrogen-bond donors (Lipinski definition) is 1. The van der Waals surface area contributed by atoms with Crippen LogP contribution in [0, 0.1) is 0 Å². The van der Waals surface area contributed by atoms with Crippen LogP contribution in [0.1, 0.15) is 50.5 Å². The van der Waals surface area contributed by atoms with Crippen LogP contribution >= 0.6 is 0 Å². The van der Waals surface area contributed by atoms with Gasteiger partial charge in [0.1, 0.15) is 5.69 Å². The molecule has 0 unspecified atom stereocenters. The van der Waals surface area contributed by atoms with E-state index in [1.54, 1.807) is 6.20 Å². The lowest BCUT2D eigenvalue weighted by Gasteiger charge is -2.33. The lowest BCUT2D eigenvalue weighted by atomic mass is 9.94. The van der Waals surface area contributed by atoms with Crippen LogP contribution in [0.4, 0.5) is 0 Å². The van der Waals surface area contributed by atoms with Gasteiger partial charge in [-0.2, -0.15) is 4.98 Å². The van der Waals surface area contributed by atoms with Crippen LogP contribution in [0.2, 0.25) is 0 Å². The van der Waals surface area contributed by atoms with Crippen LogP contribution in [0.25, 0.3) is 11.5 Å². The molecule has 1 saturated carbocycles. The van der Waals surface area contributed by atoms with Crippen molar-refractivity contribution < 1.29 is 9.63 Å². The molecule has 1 aliphatic carbocycles. The largest absolute Gasteiger partial charge is 0.392 e. The second kappa shape index (κ2) is 6.37. The molecule has 1 saturated heterocycles. The van der Waals surface area contributed by atoms with Gasteiger partial charge in [-0.05, 0) is 31.4 Å². The van der Waals surface area contributed by atoms with Crippen molar-refractivity contribution in [1.82, 2.24) is 20.0 Å². The van der Waals surface area contributed by atoms with Crippen molar-refractivity contribution in [2.45, 2.75) is 56.7 Å². The molecule has 0 radical (unpaired) electrons. The third kappa shape index (κ3) is 3.01. The minimum absolute atomic E-state index is 0.0260. The Balaban J connectivity index is 1.57. The summed E-state index contributed by atoms with van der Waals surface area (Å²) in [4.78, 5) is 11.2. The molecule has 3 heterocycles. The number of likely N-dealkylation sites (tertiary alicyclic amines) is 1. The summed E-state index contributed by atoms with van der Waals surface area (Å²) in [5, 5.41) is 14.2. The Morgan fingerprint density at radius 2 is 2.04 bits per heavy atom. The van der Waals surface area contributed by atoms with Crippen molar-refractivity contribution in [1.29, 1.82) is 0 Å². The summed E-state index contributed by atoms with van der Waals surface area (Å²) >= 11 is 0. The van der Waals surface area contributed by atoms with Crippen molar-refractivity contribution in [2.75, 3.05) is 6.54 Å². The van der Waals surface area contributed by atoms with E-state index in [0.29, 0.717) is 36.4 Å². The van der Waals surface area contributed by atoms with Gasteiger partial charge in [0.05, 0.1) is 12.1 Å². The van der Waals surface area contributed by atoms with Gasteiger partial charge in [0.15, 0.2) is 0 Å². The molecule has 0 bridgehead atoms. The van der Waals surface area contributed by atoms with Crippen LogP contribution in [-0.2, 0) is 0 Å². The lowest BCUT2D eigenvalue weighted by molar-refractivity contribution is 0.110. The number of pyridine rings is 1. The Labute approximate surface area is 135 Å². The topological polar surface area (TPSA) is 75.3 Å². The first-order chi connectivity index (χ1) is 11.3. The van der Waals surface area contributed by atoms with Gasteiger partial charge in [-0.15, -0.1) is 0 Å². The van der Waals surface area contributed by atoms with Gasteiger partial charge in [0.2, 0.25) is 11.7 Å². The van der Waals surface area contributed by atoms with Gasteiger partial charge >= 0.3 is 0 Å². The van der Waals surface area contributed by atoms with E-state index in [-0.39, 0.29) is 12.1 Å². The molecule has 23 heavy (non-hydrogen) atoms. The first-order valence-corrected chi connectivity index (χ1v) is 8.50. The summed E-state index contributed by atoms with van der Waals surface area (Å²) in [6, 6.07) is 6.19. The van der Waals surface area contributed by atoms with Crippen molar-refractivity contribution in [3.63, 3.8) is 0 Å². The summed E-state index contributed by atoms with van der Waals surface area (Å²) < 4.78 is 5.52. The Bertz CT molecular complexity index is 639. The Morgan fingerprint density at radius 3 is 2.83 bits per heavy atom. The van der Waals surface area contributed by atoms with Crippen LogP contribution in [0.5, 0.6) is 0 Å². The summed E-state index contributed by atoms with van der Waals surface area (Å²) in [7, 11) is 0. The highest BCUT2D eigenvalue weighted by Gasteiger charge is 2.39. The molecule has 2 aliphatic rings. The number of aromatic nitrogens is 3. The van der Waals surface area contributed by atoms with Crippen molar-refractivity contribution in [3.8, 4) is 11.5 Å². The Kier molecular flexibility index (Phi) is 4.10. The number of aliphatic hydroxyl groups is 1. The number of nitrogens with zero attached hydrogens (tertiary/aromatic N) is 4.